The first-order valence-electron chi connectivity index (χ1n) is 8.42. The van der Waals surface area contributed by atoms with Crippen LogP contribution < -0.4 is 10.6 Å². The average molecular weight is 388 g/mol. The second kappa shape index (κ2) is 7.79. The first-order valence-corrected chi connectivity index (χ1v) is 9.21. The summed E-state index contributed by atoms with van der Waals surface area (Å²) in [5.41, 5.74) is 3.27. The predicted molar refractivity (Wildman–Crippen MR) is 102 cm³/mol. The largest absolute Gasteiger partial charge is 0.382 e. The Kier molecular flexibility index (Phi) is 5.51. The summed E-state index contributed by atoms with van der Waals surface area (Å²) in [6, 6.07) is 10.0. The minimum atomic E-state index is -0.196. The van der Waals surface area contributed by atoms with Gasteiger partial charge in [0, 0.05) is 28.1 Å². The fraction of sp³-hybridized carbons (Fsp3) is 0.368. The van der Waals surface area contributed by atoms with Crippen LogP contribution in [0.5, 0.6) is 0 Å². The van der Waals surface area contributed by atoms with Crippen LogP contribution in [-0.4, -0.2) is 16.9 Å². The van der Waals surface area contributed by atoms with Crippen molar-refractivity contribution in [3.8, 4) is 0 Å². The number of hydrogen-bond donors (Lipinski definition) is 2. The fourth-order valence-electron chi connectivity index (χ4n) is 2.99. The van der Waals surface area contributed by atoms with E-state index in [1.54, 1.807) is 6.20 Å². The number of amides is 1. The highest BCUT2D eigenvalue weighted by molar-refractivity contribution is 9.10. The number of aromatic nitrogens is 1. The number of carbonyl (C=O) groups is 1. The Morgan fingerprint density at radius 2 is 1.92 bits per heavy atom. The van der Waals surface area contributed by atoms with E-state index in [1.165, 1.54) is 32.1 Å². The number of nitrogens with one attached hydrogen (secondary N) is 2. The van der Waals surface area contributed by atoms with Crippen LogP contribution in [0.15, 0.2) is 41.0 Å². The summed E-state index contributed by atoms with van der Waals surface area (Å²) in [6.45, 7) is 2.01. The second-order valence-corrected chi connectivity index (χ2v) is 7.18. The molecular weight excluding hydrogens is 366 g/mol. The molecule has 0 radical (unpaired) electrons. The van der Waals surface area contributed by atoms with Gasteiger partial charge in [-0.15, -0.1) is 0 Å². The first kappa shape index (κ1) is 17.0. The van der Waals surface area contributed by atoms with Gasteiger partial charge >= 0.3 is 0 Å². The molecule has 0 atom stereocenters. The molecule has 1 fully saturated rings. The van der Waals surface area contributed by atoms with Gasteiger partial charge in [-0.3, -0.25) is 9.78 Å². The van der Waals surface area contributed by atoms with Crippen LogP contribution in [0.3, 0.4) is 0 Å². The van der Waals surface area contributed by atoms with Crippen LogP contribution in [0, 0.1) is 6.92 Å². The summed E-state index contributed by atoms with van der Waals surface area (Å²) in [5, 5.41) is 6.43. The van der Waals surface area contributed by atoms with E-state index < -0.39 is 0 Å². The molecular formula is C19H22BrN3O. The Morgan fingerprint density at radius 3 is 2.67 bits per heavy atom. The smallest absolute Gasteiger partial charge is 0.274 e. The topological polar surface area (TPSA) is 54.0 Å². The van der Waals surface area contributed by atoms with Gasteiger partial charge in [-0.05, 0) is 49.6 Å². The van der Waals surface area contributed by atoms with Gasteiger partial charge in [0.05, 0.1) is 0 Å². The normalized spacial score (nSPS) is 15.1. The fourth-order valence-corrected chi connectivity index (χ4v) is 3.37. The average Bonchev–Trinajstić information content (AvgIpc) is 2.59. The van der Waals surface area contributed by atoms with Gasteiger partial charge in [-0.1, -0.05) is 41.3 Å². The van der Waals surface area contributed by atoms with Crippen molar-refractivity contribution in [3.63, 3.8) is 0 Å². The number of halogens is 1. The van der Waals surface area contributed by atoms with Crippen molar-refractivity contribution in [1.82, 2.24) is 4.98 Å². The molecule has 3 rings (SSSR count). The van der Waals surface area contributed by atoms with E-state index in [1.807, 2.05) is 37.3 Å². The Labute approximate surface area is 151 Å². The van der Waals surface area contributed by atoms with E-state index in [-0.39, 0.29) is 5.91 Å². The maximum absolute atomic E-state index is 12.4. The van der Waals surface area contributed by atoms with Crippen LogP contribution in [0.2, 0.25) is 0 Å². The summed E-state index contributed by atoms with van der Waals surface area (Å²) >= 11 is 3.48. The summed E-state index contributed by atoms with van der Waals surface area (Å²) in [5.74, 6) is -0.196. The highest BCUT2D eigenvalue weighted by Crippen LogP contribution is 2.23. The van der Waals surface area contributed by atoms with Crippen molar-refractivity contribution < 1.29 is 4.79 Å². The number of aryl methyl sites for hydroxylation is 1. The second-order valence-electron chi connectivity index (χ2n) is 6.33. The van der Waals surface area contributed by atoms with Gasteiger partial charge in [0.2, 0.25) is 0 Å². The van der Waals surface area contributed by atoms with Crippen molar-refractivity contribution in [2.24, 2.45) is 0 Å². The van der Waals surface area contributed by atoms with Crippen molar-refractivity contribution in [1.29, 1.82) is 0 Å². The molecule has 1 aromatic heterocycles. The number of benzene rings is 1. The van der Waals surface area contributed by atoms with E-state index >= 15 is 0 Å². The minimum absolute atomic E-state index is 0.196. The zero-order chi connectivity index (χ0) is 16.9. The van der Waals surface area contributed by atoms with E-state index in [0.717, 1.165) is 21.4 Å². The molecule has 2 N–H and O–H groups in total. The summed E-state index contributed by atoms with van der Waals surface area (Å²) in [7, 11) is 0. The molecule has 0 unspecified atom stereocenters. The molecule has 1 aliphatic carbocycles. The summed E-state index contributed by atoms with van der Waals surface area (Å²) in [4.78, 5) is 16.6. The van der Waals surface area contributed by atoms with Crippen molar-refractivity contribution in [2.45, 2.75) is 45.1 Å². The third kappa shape index (κ3) is 4.35. The zero-order valence-corrected chi connectivity index (χ0v) is 15.4. The number of carbonyl (C=O) groups excluding carboxylic acids is 1. The molecule has 126 valence electrons. The van der Waals surface area contributed by atoms with Crippen LogP contribution in [-0.2, 0) is 0 Å². The van der Waals surface area contributed by atoms with Gasteiger partial charge in [-0.25, -0.2) is 0 Å². The van der Waals surface area contributed by atoms with Gasteiger partial charge in [0.25, 0.3) is 5.91 Å². The van der Waals surface area contributed by atoms with E-state index in [9.17, 15) is 4.79 Å². The van der Waals surface area contributed by atoms with E-state index in [4.69, 9.17) is 0 Å². The quantitative estimate of drug-likeness (QED) is 0.762. The van der Waals surface area contributed by atoms with E-state index in [0.29, 0.717) is 11.7 Å². The van der Waals surface area contributed by atoms with Crippen molar-refractivity contribution >= 4 is 33.2 Å². The molecule has 0 saturated heterocycles. The van der Waals surface area contributed by atoms with Crippen LogP contribution >= 0.6 is 15.9 Å². The first-order chi connectivity index (χ1) is 11.6. The Morgan fingerprint density at radius 1 is 1.12 bits per heavy atom. The molecule has 0 spiro atoms. The lowest BCUT2D eigenvalue weighted by molar-refractivity contribution is 0.102. The van der Waals surface area contributed by atoms with Gasteiger partial charge in [-0.2, -0.15) is 0 Å². The molecule has 1 aromatic carbocycles. The van der Waals surface area contributed by atoms with Crippen LogP contribution in [0.1, 0.15) is 48.2 Å². The van der Waals surface area contributed by atoms with Gasteiger partial charge in [0.1, 0.15) is 5.69 Å². The van der Waals surface area contributed by atoms with Crippen molar-refractivity contribution in [2.75, 3.05) is 10.6 Å². The molecule has 4 nitrogen and oxygen atoms in total. The third-order valence-electron chi connectivity index (χ3n) is 4.40. The number of pyridine rings is 1. The van der Waals surface area contributed by atoms with Crippen LogP contribution in [0.25, 0.3) is 0 Å². The monoisotopic (exact) mass is 387 g/mol. The summed E-state index contributed by atoms with van der Waals surface area (Å²) < 4.78 is 0.973. The highest BCUT2D eigenvalue weighted by Gasteiger charge is 2.14. The third-order valence-corrected chi connectivity index (χ3v) is 5.25. The molecule has 1 aliphatic rings. The lowest BCUT2D eigenvalue weighted by Gasteiger charge is -2.23. The van der Waals surface area contributed by atoms with E-state index in [2.05, 4.69) is 31.5 Å². The Hall–Kier alpha value is -1.88. The molecule has 5 heteroatoms. The molecule has 2 aromatic rings. The molecule has 1 amide bonds. The Balaban J connectivity index is 1.68. The lowest BCUT2D eigenvalue weighted by Crippen LogP contribution is -2.22. The molecule has 0 aliphatic heterocycles. The highest BCUT2D eigenvalue weighted by atomic mass is 79.9. The van der Waals surface area contributed by atoms with Crippen molar-refractivity contribution in [3.05, 3.63) is 52.3 Å². The number of rotatable bonds is 4. The van der Waals surface area contributed by atoms with Gasteiger partial charge in [0.15, 0.2) is 0 Å². The molecule has 1 saturated carbocycles. The number of nitrogens with zero attached hydrogens (tertiary/aromatic N) is 1. The minimum Gasteiger partial charge on any atom is -0.382 e. The molecule has 24 heavy (non-hydrogen) atoms. The SMILES string of the molecule is Cc1ccc(NC(=O)c2cc(NC3CCCCC3)ccn2)cc1Br. The Bertz CT molecular complexity index is 726. The predicted octanol–water partition coefficient (Wildman–Crippen LogP) is 5.15. The molecule has 1 heterocycles. The number of anilines is 2. The van der Waals surface area contributed by atoms with Gasteiger partial charge < -0.3 is 10.6 Å². The lowest BCUT2D eigenvalue weighted by atomic mass is 9.95. The standard InChI is InChI=1S/C19H22BrN3O/c1-13-7-8-15(11-17(13)20)23-19(24)18-12-16(9-10-21-18)22-14-5-3-2-4-6-14/h7-12,14H,2-6H2,1H3,(H,21,22)(H,23,24). The maximum Gasteiger partial charge on any atom is 0.274 e. The maximum atomic E-state index is 12.4. The van der Waals surface area contributed by atoms with Crippen LogP contribution in [0.4, 0.5) is 11.4 Å². The summed E-state index contributed by atoms with van der Waals surface area (Å²) in [6.07, 6.45) is 7.96. The number of hydrogen-bond acceptors (Lipinski definition) is 3. The zero-order valence-electron chi connectivity index (χ0n) is 13.8. The molecule has 0 bridgehead atoms.